The lowest BCUT2D eigenvalue weighted by Crippen LogP contribution is -2.38. The van der Waals surface area contributed by atoms with Crippen LogP contribution in [-0.2, 0) is 11.3 Å². The van der Waals surface area contributed by atoms with E-state index in [0.717, 1.165) is 12.1 Å². The van der Waals surface area contributed by atoms with Gasteiger partial charge < -0.3 is 15.4 Å². The summed E-state index contributed by atoms with van der Waals surface area (Å²) in [6.07, 6.45) is 6.32. The molecule has 0 saturated heterocycles. The van der Waals surface area contributed by atoms with E-state index in [0.29, 0.717) is 24.6 Å². The summed E-state index contributed by atoms with van der Waals surface area (Å²) in [6, 6.07) is 6.95. The number of nitrogens with one attached hydrogen (secondary N) is 2. The summed E-state index contributed by atoms with van der Waals surface area (Å²) in [5, 5.41) is 5.79. The number of ether oxygens (including phenoxy) is 1. The van der Waals surface area contributed by atoms with Crippen molar-refractivity contribution in [3.8, 4) is 0 Å². The number of carbonyl (C=O) groups excluding carboxylic acids is 2. The van der Waals surface area contributed by atoms with Gasteiger partial charge in [-0.15, -0.1) is 0 Å². The Kier molecular flexibility index (Phi) is 6.91. The van der Waals surface area contributed by atoms with Gasteiger partial charge in [-0.3, -0.25) is 0 Å². The van der Waals surface area contributed by atoms with Gasteiger partial charge in [-0.1, -0.05) is 31.4 Å². The van der Waals surface area contributed by atoms with Crippen molar-refractivity contribution in [2.24, 2.45) is 5.92 Å². The van der Waals surface area contributed by atoms with Crippen LogP contribution in [-0.4, -0.2) is 25.2 Å². The molecule has 5 nitrogen and oxygen atoms in total. The summed E-state index contributed by atoms with van der Waals surface area (Å²) in [7, 11) is 0. The van der Waals surface area contributed by atoms with E-state index in [1.807, 2.05) is 12.1 Å². The molecule has 2 N–H and O–H groups in total. The molecule has 0 spiro atoms. The zero-order valence-electron chi connectivity index (χ0n) is 13.8. The predicted molar refractivity (Wildman–Crippen MR) is 89.2 cm³/mol. The van der Waals surface area contributed by atoms with Crippen molar-refractivity contribution in [1.82, 2.24) is 10.6 Å². The van der Waals surface area contributed by atoms with Crippen LogP contribution in [0.1, 0.15) is 54.9 Å². The summed E-state index contributed by atoms with van der Waals surface area (Å²) in [4.78, 5) is 23.4. The largest absolute Gasteiger partial charge is 0.462 e. The first kappa shape index (κ1) is 17.3. The van der Waals surface area contributed by atoms with Crippen LogP contribution in [0.5, 0.6) is 0 Å². The van der Waals surface area contributed by atoms with Crippen molar-refractivity contribution in [2.45, 2.75) is 45.6 Å². The maximum Gasteiger partial charge on any atom is 0.338 e. The highest BCUT2D eigenvalue weighted by Crippen LogP contribution is 2.22. The van der Waals surface area contributed by atoms with E-state index in [4.69, 9.17) is 4.74 Å². The third-order valence-electron chi connectivity index (χ3n) is 4.19. The van der Waals surface area contributed by atoms with Crippen molar-refractivity contribution in [3.05, 3.63) is 35.4 Å². The molecule has 0 bridgehead atoms. The van der Waals surface area contributed by atoms with Crippen LogP contribution < -0.4 is 10.6 Å². The molecule has 1 aromatic rings. The fourth-order valence-electron chi connectivity index (χ4n) is 2.85. The van der Waals surface area contributed by atoms with E-state index in [1.54, 1.807) is 19.1 Å². The first-order valence-corrected chi connectivity index (χ1v) is 8.46. The van der Waals surface area contributed by atoms with Gasteiger partial charge in [0.25, 0.3) is 0 Å². The number of amides is 2. The predicted octanol–water partition coefficient (Wildman–Crippen LogP) is 3.24. The zero-order valence-corrected chi connectivity index (χ0v) is 13.8. The molecule has 0 aliphatic heterocycles. The van der Waals surface area contributed by atoms with Gasteiger partial charge in [-0.2, -0.15) is 0 Å². The van der Waals surface area contributed by atoms with Crippen LogP contribution in [0.15, 0.2) is 24.3 Å². The number of carbonyl (C=O) groups is 2. The van der Waals surface area contributed by atoms with Crippen molar-refractivity contribution in [2.75, 3.05) is 13.2 Å². The highest BCUT2D eigenvalue weighted by Gasteiger charge is 2.14. The molecule has 0 unspecified atom stereocenters. The highest BCUT2D eigenvalue weighted by molar-refractivity contribution is 5.89. The van der Waals surface area contributed by atoms with Crippen molar-refractivity contribution in [3.63, 3.8) is 0 Å². The summed E-state index contributed by atoms with van der Waals surface area (Å²) >= 11 is 0. The number of urea groups is 1. The molecular weight excluding hydrogens is 292 g/mol. The lowest BCUT2D eigenvalue weighted by Gasteiger charge is -2.21. The lowest BCUT2D eigenvalue weighted by molar-refractivity contribution is 0.0526. The first-order chi connectivity index (χ1) is 11.2. The van der Waals surface area contributed by atoms with Crippen LogP contribution in [0, 0.1) is 5.92 Å². The van der Waals surface area contributed by atoms with Gasteiger partial charge >= 0.3 is 12.0 Å². The van der Waals surface area contributed by atoms with Gasteiger partial charge in [0.2, 0.25) is 0 Å². The third-order valence-corrected chi connectivity index (χ3v) is 4.19. The van der Waals surface area contributed by atoms with Gasteiger partial charge in [0.05, 0.1) is 12.2 Å². The normalized spacial score (nSPS) is 15.0. The van der Waals surface area contributed by atoms with Gasteiger partial charge in [-0.05, 0) is 43.4 Å². The number of hydrogen-bond acceptors (Lipinski definition) is 3. The van der Waals surface area contributed by atoms with Crippen LogP contribution in [0.3, 0.4) is 0 Å². The summed E-state index contributed by atoms with van der Waals surface area (Å²) in [5.41, 5.74) is 1.48. The maximum absolute atomic E-state index is 11.8. The standard InChI is InChI=1S/C18H26N2O3/c1-2-23-17(21)16-10-8-15(9-11-16)13-20-18(22)19-12-14-6-4-3-5-7-14/h8-11,14H,2-7,12-13H2,1H3,(H2,19,20,22). The van der Waals surface area contributed by atoms with E-state index in [9.17, 15) is 9.59 Å². The smallest absolute Gasteiger partial charge is 0.338 e. The molecule has 0 aromatic heterocycles. The molecule has 2 rings (SSSR count). The molecule has 1 aliphatic rings. The van der Waals surface area contributed by atoms with Crippen LogP contribution in [0.4, 0.5) is 4.79 Å². The van der Waals surface area contributed by atoms with Crippen molar-refractivity contribution < 1.29 is 14.3 Å². The van der Waals surface area contributed by atoms with E-state index in [-0.39, 0.29) is 12.0 Å². The van der Waals surface area contributed by atoms with E-state index < -0.39 is 0 Å². The Bertz CT molecular complexity index is 508. The monoisotopic (exact) mass is 318 g/mol. The molecule has 5 heteroatoms. The average molecular weight is 318 g/mol. The fraction of sp³-hybridized carbons (Fsp3) is 0.556. The lowest BCUT2D eigenvalue weighted by atomic mass is 9.89. The number of esters is 1. The molecule has 1 aromatic carbocycles. The molecule has 0 atom stereocenters. The Hall–Kier alpha value is -2.04. The minimum Gasteiger partial charge on any atom is -0.462 e. The average Bonchev–Trinajstić information content (AvgIpc) is 2.59. The first-order valence-electron chi connectivity index (χ1n) is 8.46. The number of hydrogen-bond donors (Lipinski definition) is 2. The Morgan fingerprint density at radius 1 is 1.09 bits per heavy atom. The maximum atomic E-state index is 11.8. The third kappa shape index (κ3) is 5.93. The Labute approximate surface area is 137 Å². The summed E-state index contributed by atoms with van der Waals surface area (Å²) < 4.78 is 4.94. The van der Waals surface area contributed by atoms with Gasteiger partial charge in [-0.25, -0.2) is 9.59 Å². The van der Waals surface area contributed by atoms with E-state index in [2.05, 4.69) is 10.6 Å². The quantitative estimate of drug-likeness (QED) is 0.791. The van der Waals surface area contributed by atoms with Crippen molar-refractivity contribution >= 4 is 12.0 Å². The Morgan fingerprint density at radius 3 is 2.43 bits per heavy atom. The van der Waals surface area contributed by atoms with Crippen LogP contribution in [0.25, 0.3) is 0 Å². The van der Waals surface area contributed by atoms with E-state index >= 15 is 0 Å². The Balaban J connectivity index is 1.70. The van der Waals surface area contributed by atoms with Crippen LogP contribution in [0.2, 0.25) is 0 Å². The zero-order chi connectivity index (χ0) is 16.5. The topological polar surface area (TPSA) is 67.4 Å². The molecule has 1 saturated carbocycles. The van der Waals surface area contributed by atoms with Gasteiger partial charge in [0.15, 0.2) is 0 Å². The minimum absolute atomic E-state index is 0.134. The fourth-order valence-corrected chi connectivity index (χ4v) is 2.85. The summed E-state index contributed by atoms with van der Waals surface area (Å²) in [6.45, 7) is 3.35. The number of rotatable bonds is 6. The van der Waals surface area contributed by atoms with Gasteiger partial charge in [0, 0.05) is 13.1 Å². The van der Waals surface area contributed by atoms with Gasteiger partial charge in [0.1, 0.15) is 0 Å². The second-order valence-electron chi connectivity index (χ2n) is 5.99. The number of benzene rings is 1. The van der Waals surface area contributed by atoms with Crippen molar-refractivity contribution in [1.29, 1.82) is 0 Å². The van der Waals surface area contributed by atoms with Crippen LogP contribution >= 0.6 is 0 Å². The molecule has 23 heavy (non-hydrogen) atoms. The Morgan fingerprint density at radius 2 is 1.78 bits per heavy atom. The molecule has 0 radical (unpaired) electrons. The second-order valence-corrected chi connectivity index (χ2v) is 5.99. The molecule has 1 aliphatic carbocycles. The highest BCUT2D eigenvalue weighted by atomic mass is 16.5. The minimum atomic E-state index is -0.322. The molecule has 1 fully saturated rings. The molecule has 126 valence electrons. The molecule has 2 amide bonds. The summed E-state index contributed by atoms with van der Waals surface area (Å²) in [5.74, 6) is 0.301. The molecular formula is C18H26N2O3. The SMILES string of the molecule is CCOC(=O)c1ccc(CNC(=O)NCC2CCCCC2)cc1. The van der Waals surface area contributed by atoms with E-state index in [1.165, 1.54) is 32.1 Å². The second kappa shape index (κ2) is 9.18. The molecule has 0 heterocycles.